The summed E-state index contributed by atoms with van der Waals surface area (Å²) in [5, 5.41) is 3.51. The Morgan fingerprint density at radius 2 is 1.45 bits per heavy atom. The molecule has 0 aliphatic carbocycles. The van der Waals surface area contributed by atoms with Crippen LogP contribution >= 0.6 is 11.6 Å². The molecule has 3 aromatic rings. The molecule has 3 aromatic carbocycles. The van der Waals surface area contributed by atoms with Crippen molar-refractivity contribution in [3.8, 4) is 0 Å². The predicted molar refractivity (Wildman–Crippen MR) is 132 cm³/mol. The van der Waals surface area contributed by atoms with Crippen LogP contribution in [-0.2, 0) is 22.7 Å². The fraction of sp³-hybridized carbons (Fsp3) is 0.259. The van der Waals surface area contributed by atoms with Crippen molar-refractivity contribution in [2.75, 3.05) is 25.0 Å². The van der Waals surface area contributed by atoms with Crippen molar-refractivity contribution >= 4 is 29.1 Å². The van der Waals surface area contributed by atoms with E-state index in [0.717, 1.165) is 18.7 Å². The average Bonchev–Trinajstić information content (AvgIpc) is 2.96. The summed E-state index contributed by atoms with van der Waals surface area (Å²) in [6, 6.07) is 27.2. The highest BCUT2D eigenvalue weighted by atomic mass is 35.5. The highest BCUT2D eigenvalue weighted by molar-refractivity contribution is 6.30. The van der Waals surface area contributed by atoms with Crippen LogP contribution in [0.3, 0.4) is 0 Å². The van der Waals surface area contributed by atoms with Gasteiger partial charge in [0.25, 0.3) is 0 Å². The van der Waals surface area contributed by atoms with E-state index in [0.29, 0.717) is 30.3 Å². The summed E-state index contributed by atoms with van der Waals surface area (Å²) in [7, 11) is 0. The van der Waals surface area contributed by atoms with Crippen LogP contribution in [0.2, 0.25) is 5.02 Å². The minimum atomic E-state index is -0.410. The Hall–Kier alpha value is -3.15. The molecule has 0 bridgehead atoms. The number of rotatable bonds is 7. The number of nitrogens with zero attached hydrogens (tertiary/aromatic N) is 2. The third-order valence-corrected chi connectivity index (χ3v) is 6.10. The fourth-order valence-corrected chi connectivity index (χ4v) is 4.30. The van der Waals surface area contributed by atoms with Crippen LogP contribution in [-0.4, -0.2) is 41.2 Å². The maximum Gasteiger partial charge on any atom is 0.227 e. The van der Waals surface area contributed by atoms with Gasteiger partial charge < -0.3 is 10.2 Å². The van der Waals surface area contributed by atoms with E-state index in [-0.39, 0.29) is 18.2 Å². The molecule has 1 aliphatic heterocycles. The Morgan fingerprint density at radius 3 is 2.09 bits per heavy atom. The summed E-state index contributed by atoms with van der Waals surface area (Å²) in [6.45, 7) is 3.25. The van der Waals surface area contributed by atoms with Crippen LogP contribution in [0.25, 0.3) is 0 Å². The van der Waals surface area contributed by atoms with Gasteiger partial charge in [0, 0.05) is 49.9 Å². The first-order valence-corrected chi connectivity index (χ1v) is 11.6. The zero-order valence-electron chi connectivity index (χ0n) is 18.5. The smallest absolute Gasteiger partial charge is 0.227 e. The van der Waals surface area contributed by atoms with Crippen molar-refractivity contribution < 1.29 is 9.59 Å². The van der Waals surface area contributed by atoms with Gasteiger partial charge in [-0.05, 0) is 35.4 Å². The second kappa shape index (κ2) is 11.1. The lowest BCUT2D eigenvalue weighted by atomic mass is 10.0. The highest BCUT2D eigenvalue weighted by Crippen LogP contribution is 2.21. The summed E-state index contributed by atoms with van der Waals surface area (Å²) in [5.74, 6) is -0.551. The molecule has 0 saturated carbocycles. The maximum atomic E-state index is 13.5. The lowest BCUT2D eigenvalue weighted by Crippen LogP contribution is -2.37. The van der Waals surface area contributed by atoms with Crippen LogP contribution in [0, 0.1) is 5.92 Å². The van der Waals surface area contributed by atoms with Gasteiger partial charge in [-0.1, -0.05) is 72.3 Å². The highest BCUT2D eigenvalue weighted by Gasteiger charge is 2.32. The monoisotopic (exact) mass is 461 g/mol. The zero-order valence-corrected chi connectivity index (χ0v) is 19.2. The Kier molecular flexibility index (Phi) is 7.76. The van der Waals surface area contributed by atoms with Crippen LogP contribution < -0.4 is 5.32 Å². The molecule has 0 spiro atoms. The summed E-state index contributed by atoms with van der Waals surface area (Å²) in [6.07, 6.45) is 0.137. The van der Waals surface area contributed by atoms with Crippen molar-refractivity contribution in [3.63, 3.8) is 0 Å². The summed E-state index contributed by atoms with van der Waals surface area (Å²) >= 11 is 5.94. The first-order chi connectivity index (χ1) is 16.1. The molecule has 1 saturated heterocycles. The molecule has 1 heterocycles. The molecule has 4 rings (SSSR count). The Balaban J connectivity index is 1.48. The van der Waals surface area contributed by atoms with E-state index in [1.54, 1.807) is 24.3 Å². The lowest BCUT2D eigenvalue weighted by Gasteiger charge is -2.24. The minimum Gasteiger partial charge on any atom is -0.337 e. The van der Waals surface area contributed by atoms with Gasteiger partial charge in [0.2, 0.25) is 11.8 Å². The number of carbonyl (C=O) groups is 2. The molecular weight excluding hydrogens is 434 g/mol. The normalized spacial score (nSPS) is 16.9. The molecule has 6 heteroatoms. The molecule has 1 unspecified atom stereocenters. The second-order valence-electron chi connectivity index (χ2n) is 8.42. The number of hydrogen-bond donors (Lipinski definition) is 1. The van der Waals surface area contributed by atoms with Gasteiger partial charge in [-0.15, -0.1) is 0 Å². The van der Waals surface area contributed by atoms with E-state index in [9.17, 15) is 9.59 Å². The minimum absolute atomic E-state index is 0.0284. The van der Waals surface area contributed by atoms with Gasteiger partial charge in [0.1, 0.15) is 0 Å². The Labute approximate surface area is 200 Å². The first kappa shape index (κ1) is 23.0. The number of carbonyl (C=O) groups excluding carboxylic acids is 2. The quantitative estimate of drug-likeness (QED) is 0.548. The third kappa shape index (κ3) is 6.67. The van der Waals surface area contributed by atoms with Crippen LogP contribution in [0.5, 0.6) is 0 Å². The van der Waals surface area contributed by atoms with Gasteiger partial charge in [-0.3, -0.25) is 14.5 Å². The molecule has 1 atom stereocenters. The van der Waals surface area contributed by atoms with Gasteiger partial charge in [-0.2, -0.15) is 0 Å². The van der Waals surface area contributed by atoms with Gasteiger partial charge in [-0.25, -0.2) is 0 Å². The van der Waals surface area contributed by atoms with Gasteiger partial charge in [0.15, 0.2) is 0 Å². The molecule has 1 fully saturated rings. The van der Waals surface area contributed by atoms with Crippen LogP contribution in [0.1, 0.15) is 17.5 Å². The second-order valence-corrected chi connectivity index (χ2v) is 8.86. The molecule has 5 nitrogen and oxygen atoms in total. The summed E-state index contributed by atoms with van der Waals surface area (Å²) in [4.78, 5) is 30.5. The molecule has 1 N–H and O–H groups in total. The topological polar surface area (TPSA) is 52.7 Å². The van der Waals surface area contributed by atoms with Crippen molar-refractivity contribution in [3.05, 3.63) is 101 Å². The zero-order chi connectivity index (χ0) is 23.0. The van der Waals surface area contributed by atoms with E-state index < -0.39 is 5.92 Å². The van der Waals surface area contributed by atoms with E-state index in [1.165, 1.54) is 5.56 Å². The largest absolute Gasteiger partial charge is 0.337 e. The van der Waals surface area contributed by atoms with E-state index in [4.69, 9.17) is 11.6 Å². The predicted octanol–water partition coefficient (Wildman–Crippen LogP) is 4.83. The number of halogens is 1. The Bertz CT molecular complexity index is 1060. The van der Waals surface area contributed by atoms with Gasteiger partial charge in [0.05, 0.1) is 5.92 Å². The average molecular weight is 462 g/mol. The summed E-state index contributed by atoms with van der Waals surface area (Å²) in [5.41, 5.74) is 2.96. The molecule has 2 amide bonds. The maximum absolute atomic E-state index is 13.5. The third-order valence-electron chi connectivity index (χ3n) is 5.85. The number of amides is 2. The van der Waals surface area contributed by atoms with Crippen molar-refractivity contribution in [2.24, 2.45) is 5.92 Å². The van der Waals surface area contributed by atoms with Crippen molar-refractivity contribution in [1.82, 2.24) is 9.80 Å². The van der Waals surface area contributed by atoms with Crippen LogP contribution in [0.15, 0.2) is 84.9 Å². The molecule has 0 aromatic heterocycles. The molecular formula is C27H28ClN3O2. The fourth-order valence-electron chi connectivity index (χ4n) is 4.18. The lowest BCUT2D eigenvalue weighted by molar-refractivity contribution is -0.137. The SMILES string of the molecule is O=C(CC1CN(Cc2ccccc2)CCN(Cc2ccccc2)C1=O)Nc1ccc(Cl)cc1. The van der Waals surface area contributed by atoms with Crippen molar-refractivity contribution in [2.45, 2.75) is 19.5 Å². The van der Waals surface area contributed by atoms with E-state index >= 15 is 0 Å². The van der Waals surface area contributed by atoms with E-state index in [1.807, 2.05) is 53.4 Å². The van der Waals surface area contributed by atoms with E-state index in [2.05, 4.69) is 22.3 Å². The number of nitrogens with one attached hydrogen (secondary N) is 1. The van der Waals surface area contributed by atoms with Crippen LogP contribution in [0.4, 0.5) is 5.69 Å². The van der Waals surface area contributed by atoms with Gasteiger partial charge >= 0.3 is 0 Å². The number of hydrogen-bond acceptors (Lipinski definition) is 3. The summed E-state index contributed by atoms with van der Waals surface area (Å²) < 4.78 is 0. The molecule has 33 heavy (non-hydrogen) atoms. The number of anilines is 1. The number of benzene rings is 3. The molecule has 0 radical (unpaired) electrons. The van der Waals surface area contributed by atoms with Crippen molar-refractivity contribution in [1.29, 1.82) is 0 Å². The molecule has 1 aliphatic rings. The molecule has 170 valence electrons. The first-order valence-electron chi connectivity index (χ1n) is 11.2. The standard InChI is InChI=1S/C27H28ClN3O2/c28-24-11-13-25(14-12-24)29-26(32)17-23-20-30(18-21-7-3-1-4-8-21)15-16-31(27(23)33)19-22-9-5-2-6-10-22/h1-14,23H,15-20H2,(H,29,32). The Morgan fingerprint density at radius 1 is 0.848 bits per heavy atom.